The van der Waals surface area contributed by atoms with E-state index in [1.807, 2.05) is 18.2 Å². The number of hydrogen-bond donors (Lipinski definition) is 1. The van der Waals surface area contributed by atoms with Crippen LogP contribution in [0.25, 0.3) is 0 Å². The molecule has 2 unspecified atom stereocenters. The Morgan fingerprint density at radius 1 is 1.00 bits per heavy atom. The fraction of sp³-hybridized carbons (Fsp3) is 0.440. The maximum absolute atomic E-state index is 13.3. The summed E-state index contributed by atoms with van der Waals surface area (Å²) in [5.74, 6) is 1.23. The van der Waals surface area contributed by atoms with E-state index in [2.05, 4.69) is 12.2 Å². The van der Waals surface area contributed by atoms with Crippen LogP contribution in [0.5, 0.6) is 17.2 Å². The molecule has 1 saturated heterocycles. The zero-order chi connectivity index (χ0) is 23.1. The van der Waals surface area contributed by atoms with E-state index in [4.69, 9.17) is 14.2 Å². The van der Waals surface area contributed by atoms with Crippen LogP contribution >= 0.6 is 0 Å². The van der Waals surface area contributed by atoms with Crippen LogP contribution in [0.3, 0.4) is 0 Å². The van der Waals surface area contributed by atoms with Gasteiger partial charge in [0.1, 0.15) is 17.2 Å². The average molecular weight is 441 g/mol. The van der Waals surface area contributed by atoms with Gasteiger partial charge in [-0.2, -0.15) is 0 Å². The van der Waals surface area contributed by atoms with Crippen molar-refractivity contribution in [2.75, 3.05) is 41.0 Å². The van der Waals surface area contributed by atoms with Gasteiger partial charge in [-0.3, -0.25) is 9.59 Å². The Balaban J connectivity index is 1.90. The average Bonchev–Trinajstić information content (AvgIpc) is 3.28. The van der Waals surface area contributed by atoms with Gasteiger partial charge in [-0.05, 0) is 30.7 Å². The molecule has 1 aliphatic rings. The van der Waals surface area contributed by atoms with Crippen LogP contribution in [-0.2, 0) is 4.79 Å². The number of carbonyl (C=O) groups excluding carboxylic acids is 2. The number of rotatable bonds is 9. The summed E-state index contributed by atoms with van der Waals surface area (Å²) in [4.78, 5) is 28.1. The van der Waals surface area contributed by atoms with E-state index in [1.54, 1.807) is 50.5 Å². The summed E-state index contributed by atoms with van der Waals surface area (Å²) in [5.41, 5.74) is 1.43. The van der Waals surface area contributed by atoms with E-state index in [9.17, 15) is 9.59 Å². The van der Waals surface area contributed by atoms with E-state index >= 15 is 0 Å². The van der Waals surface area contributed by atoms with E-state index in [0.29, 0.717) is 42.4 Å². The zero-order valence-electron chi connectivity index (χ0n) is 19.2. The van der Waals surface area contributed by atoms with Crippen molar-refractivity contribution in [2.24, 2.45) is 5.92 Å². The molecule has 1 fully saturated rings. The second-order valence-electron chi connectivity index (χ2n) is 7.91. The Morgan fingerprint density at radius 3 is 2.44 bits per heavy atom. The SMILES string of the molecule is CCCCNC(=O)C1CN(C(=O)c2cccc(OC)c2)CC1c1ccc(OC)cc1OC. The molecule has 2 amide bonds. The quantitative estimate of drug-likeness (QED) is 0.604. The third-order valence-corrected chi connectivity index (χ3v) is 5.93. The van der Waals surface area contributed by atoms with Crippen molar-refractivity contribution in [2.45, 2.75) is 25.7 Å². The largest absolute Gasteiger partial charge is 0.497 e. The highest BCUT2D eigenvalue weighted by atomic mass is 16.5. The number of methoxy groups -OCH3 is 3. The van der Waals surface area contributed by atoms with E-state index in [-0.39, 0.29) is 23.7 Å². The zero-order valence-corrected chi connectivity index (χ0v) is 19.2. The monoisotopic (exact) mass is 440 g/mol. The highest BCUT2D eigenvalue weighted by molar-refractivity contribution is 5.95. The minimum atomic E-state index is -0.372. The predicted octanol–water partition coefficient (Wildman–Crippen LogP) is 3.48. The number of ether oxygens (including phenoxy) is 3. The molecule has 32 heavy (non-hydrogen) atoms. The summed E-state index contributed by atoms with van der Waals surface area (Å²) in [6, 6.07) is 12.7. The van der Waals surface area contributed by atoms with Crippen molar-refractivity contribution in [3.05, 3.63) is 53.6 Å². The number of benzene rings is 2. The minimum absolute atomic E-state index is 0.0396. The van der Waals surface area contributed by atoms with Gasteiger partial charge in [0.2, 0.25) is 5.91 Å². The smallest absolute Gasteiger partial charge is 0.254 e. The van der Waals surface area contributed by atoms with Gasteiger partial charge in [-0.15, -0.1) is 0 Å². The van der Waals surface area contributed by atoms with Crippen LogP contribution < -0.4 is 19.5 Å². The summed E-state index contributed by atoms with van der Waals surface area (Å²) in [7, 11) is 4.77. The lowest BCUT2D eigenvalue weighted by Gasteiger charge is -2.21. The van der Waals surface area contributed by atoms with E-state index < -0.39 is 0 Å². The Morgan fingerprint density at radius 2 is 1.75 bits per heavy atom. The fourth-order valence-corrected chi connectivity index (χ4v) is 4.13. The molecular weight excluding hydrogens is 408 g/mol. The van der Waals surface area contributed by atoms with Crippen LogP contribution in [0.2, 0.25) is 0 Å². The van der Waals surface area contributed by atoms with Crippen molar-refractivity contribution in [3.63, 3.8) is 0 Å². The molecule has 0 bridgehead atoms. The molecule has 1 aliphatic heterocycles. The third kappa shape index (κ3) is 5.15. The van der Waals surface area contributed by atoms with Crippen molar-refractivity contribution >= 4 is 11.8 Å². The summed E-state index contributed by atoms with van der Waals surface area (Å²) in [6.07, 6.45) is 1.92. The van der Waals surface area contributed by atoms with Gasteiger partial charge in [0, 0.05) is 42.7 Å². The summed E-state index contributed by atoms with van der Waals surface area (Å²) in [5, 5.41) is 3.04. The van der Waals surface area contributed by atoms with Gasteiger partial charge in [-0.25, -0.2) is 0 Å². The Labute approximate surface area is 189 Å². The number of nitrogens with zero attached hydrogens (tertiary/aromatic N) is 1. The normalized spacial score (nSPS) is 17.7. The van der Waals surface area contributed by atoms with Crippen LogP contribution in [-0.4, -0.2) is 57.7 Å². The number of unbranched alkanes of at least 4 members (excludes halogenated alkanes) is 1. The molecule has 3 rings (SSSR count). The number of nitrogens with one attached hydrogen (secondary N) is 1. The molecule has 0 saturated carbocycles. The Hall–Kier alpha value is -3.22. The predicted molar refractivity (Wildman–Crippen MR) is 123 cm³/mol. The Bertz CT molecular complexity index is 946. The first-order valence-electron chi connectivity index (χ1n) is 10.9. The maximum Gasteiger partial charge on any atom is 0.254 e. The molecule has 0 aromatic heterocycles. The molecular formula is C25H32N2O5. The molecule has 0 radical (unpaired) electrons. The number of amides is 2. The standard InChI is InChI=1S/C25H32N2O5/c1-5-6-12-26-24(28)22-16-27(25(29)17-8-7-9-18(13-17)30-2)15-21(22)20-11-10-19(31-3)14-23(20)32-4/h7-11,13-14,21-22H,5-6,12,15-16H2,1-4H3,(H,26,28). The number of carbonyl (C=O) groups is 2. The fourth-order valence-electron chi connectivity index (χ4n) is 4.13. The number of likely N-dealkylation sites (tertiary alicyclic amines) is 1. The van der Waals surface area contributed by atoms with Crippen LogP contribution in [0.1, 0.15) is 41.6 Å². The molecule has 7 nitrogen and oxygen atoms in total. The van der Waals surface area contributed by atoms with Crippen molar-refractivity contribution in [3.8, 4) is 17.2 Å². The lowest BCUT2D eigenvalue weighted by atomic mass is 9.87. The highest BCUT2D eigenvalue weighted by Gasteiger charge is 2.41. The van der Waals surface area contributed by atoms with Crippen molar-refractivity contribution < 1.29 is 23.8 Å². The lowest BCUT2D eigenvalue weighted by Crippen LogP contribution is -2.36. The Kier molecular flexibility index (Phi) is 7.98. The van der Waals surface area contributed by atoms with Crippen LogP contribution in [0, 0.1) is 5.92 Å². The van der Waals surface area contributed by atoms with Gasteiger partial charge >= 0.3 is 0 Å². The van der Waals surface area contributed by atoms with Crippen LogP contribution in [0.15, 0.2) is 42.5 Å². The maximum atomic E-state index is 13.3. The molecule has 7 heteroatoms. The van der Waals surface area contributed by atoms with E-state index in [1.165, 1.54) is 0 Å². The molecule has 2 atom stereocenters. The summed E-state index contributed by atoms with van der Waals surface area (Å²) < 4.78 is 16.2. The van der Waals surface area contributed by atoms with Gasteiger partial charge in [0.25, 0.3) is 5.91 Å². The molecule has 1 heterocycles. The minimum Gasteiger partial charge on any atom is -0.497 e. The highest BCUT2D eigenvalue weighted by Crippen LogP contribution is 2.39. The van der Waals surface area contributed by atoms with Gasteiger partial charge in [0.15, 0.2) is 0 Å². The first-order valence-corrected chi connectivity index (χ1v) is 10.9. The first kappa shape index (κ1) is 23.4. The van der Waals surface area contributed by atoms with Crippen molar-refractivity contribution in [1.29, 1.82) is 0 Å². The third-order valence-electron chi connectivity index (χ3n) is 5.93. The molecule has 0 spiro atoms. The van der Waals surface area contributed by atoms with Gasteiger partial charge in [0.05, 0.1) is 27.2 Å². The second-order valence-corrected chi connectivity index (χ2v) is 7.91. The molecule has 2 aromatic rings. The lowest BCUT2D eigenvalue weighted by molar-refractivity contribution is -0.124. The molecule has 1 N–H and O–H groups in total. The second kappa shape index (κ2) is 10.9. The summed E-state index contributed by atoms with van der Waals surface area (Å²) in [6.45, 7) is 3.47. The summed E-state index contributed by atoms with van der Waals surface area (Å²) >= 11 is 0. The topological polar surface area (TPSA) is 77.1 Å². The van der Waals surface area contributed by atoms with Gasteiger partial charge in [-0.1, -0.05) is 25.5 Å². The van der Waals surface area contributed by atoms with E-state index in [0.717, 1.165) is 18.4 Å². The molecule has 0 aliphatic carbocycles. The molecule has 2 aromatic carbocycles. The van der Waals surface area contributed by atoms with Gasteiger partial charge < -0.3 is 24.4 Å². The molecule has 172 valence electrons. The van der Waals surface area contributed by atoms with Crippen molar-refractivity contribution in [1.82, 2.24) is 10.2 Å². The number of hydrogen-bond acceptors (Lipinski definition) is 5. The van der Waals surface area contributed by atoms with Crippen LogP contribution in [0.4, 0.5) is 0 Å². The first-order chi connectivity index (χ1) is 15.5.